The van der Waals surface area contributed by atoms with Crippen LogP contribution in [0.2, 0.25) is 5.02 Å². The Morgan fingerprint density at radius 1 is 0.935 bits per heavy atom. The van der Waals surface area contributed by atoms with E-state index < -0.39 is 0 Å². The molecular weight excluding hydrogens is 468 g/mol. The van der Waals surface area contributed by atoms with Gasteiger partial charge in [0.15, 0.2) is 0 Å². The average molecular weight is 500 g/mol. The van der Waals surface area contributed by atoms with Gasteiger partial charge in [-0.3, -0.25) is 0 Å². The van der Waals surface area contributed by atoms with Crippen LogP contribution in [0.1, 0.15) is 26.7 Å². The topological polar surface area (TPSA) is 6.48 Å². The van der Waals surface area contributed by atoms with Crippen molar-refractivity contribution in [3.8, 4) is 11.1 Å². The van der Waals surface area contributed by atoms with Crippen LogP contribution in [0, 0.1) is 0 Å². The maximum Gasteiger partial charge on any atom is 0.0452 e. The third kappa shape index (κ3) is 5.52. The molecule has 3 aromatic rings. The molecule has 1 heterocycles. The molecule has 0 saturated carbocycles. The largest absolute Gasteiger partial charge is 0.371 e. The third-order valence-corrected chi connectivity index (χ3v) is 6.97. The molecule has 4 rings (SSSR count). The predicted molar refractivity (Wildman–Crippen MR) is 142 cm³/mol. The van der Waals surface area contributed by atoms with Gasteiger partial charge < -0.3 is 9.80 Å². The quantitative estimate of drug-likeness (QED) is 0.328. The average Bonchev–Trinajstić information content (AvgIpc) is 2.81. The van der Waals surface area contributed by atoms with E-state index in [1.54, 1.807) is 0 Å². The van der Waals surface area contributed by atoms with E-state index in [2.05, 4.69) is 101 Å². The maximum atomic E-state index is 6.34. The Bertz CT molecular complexity index is 990. The Balaban J connectivity index is 0.00000132. The Morgan fingerprint density at radius 3 is 2.19 bits per heavy atom. The molecular formula is C27H32BrClN2. The van der Waals surface area contributed by atoms with Gasteiger partial charge in [-0.25, -0.2) is 0 Å². The summed E-state index contributed by atoms with van der Waals surface area (Å²) < 4.78 is 1.10. The molecule has 0 N–H and O–H groups in total. The van der Waals surface area contributed by atoms with E-state index >= 15 is 0 Å². The van der Waals surface area contributed by atoms with Gasteiger partial charge in [0.25, 0.3) is 0 Å². The van der Waals surface area contributed by atoms with Gasteiger partial charge in [0.2, 0.25) is 0 Å². The normalized spacial score (nSPS) is 14.5. The van der Waals surface area contributed by atoms with Crippen molar-refractivity contribution in [1.29, 1.82) is 0 Å². The summed E-state index contributed by atoms with van der Waals surface area (Å²) in [6.45, 7) is 15.0. The number of halogens is 2. The van der Waals surface area contributed by atoms with Crippen molar-refractivity contribution < 1.29 is 0 Å². The SMILES string of the molecule is C=C.CCN(CC)C1CCN(c2cc(-c3ccc(Br)cc3)cc3cc(Cl)ccc23)CC1. The van der Waals surface area contributed by atoms with Crippen molar-refractivity contribution >= 4 is 44.0 Å². The van der Waals surface area contributed by atoms with Crippen LogP contribution in [-0.2, 0) is 0 Å². The number of fused-ring (bicyclic) bond motifs is 1. The molecule has 3 aromatic carbocycles. The summed E-state index contributed by atoms with van der Waals surface area (Å²) in [6.07, 6.45) is 2.44. The van der Waals surface area contributed by atoms with Crippen LogP contribution in [0.3, 0.4) is 0 Å². The fourth-order valence-corrected chi connectivity index (χ4v) is 5.05. The monoisotopic (exact) mass is 498 g/mol. The minimum Gasteiger partial charge on any atom is -0.371 e. The van der Waals surface area contributed by atoms with Crippen molar-refractivity contribution in [1.82, 2.24) is 4.90 Å². The van der Waals surface area contributed by atoms with Gasteiger partial charge in [0.05, 0.1) is 0 Å². The highest BCUT2D eigenvalue weighted by Crippen LogP contribution is 2.36. The summed E-state index contributed by atoms with van der Waals surface area (Å²) in [7, 11) is 0. The Hall–Kier alpha value is -1.81. The van der Waals surface area contributed by atoms with E-state index in [-0.39, 0.29) is 0 Å². The molecule has 4 heteroatoms. The van der Waals surface area contributed by atoms with Crippen molar-refractivity contribution in [3.05, 3.63) is 77.3 Å². The lowest BCUT2D eigenvalue weighted by Crippen LogP contribution is -2.44. The molecule has 0 unspecified atom stereocenters. The molecule has 164 valence electrons. The van der Waals surface area contributed by atoms with E-state index in [1.165, 1.54) is 40.4 Å². The van der Waals surface area contributed by atoms with Crippen LogP contribution in [0.5, 0.6) is 0 Å². The second kappa shape index (κ2) is 11.2. The minimum absolute atomic E-state index is 0.705. The fourth-order valence-electron chi connectivity index (χ4n) is 4.60. The second-order valence-electron chi connectivity index (χ2n) is 7.81. The van der Waals surface area contributed by atoms with Gasteiger partial charge in [0, 0.05) is 39.7 Å². The summed E-state index contributed by atoms with van der Waals surface area (Å²) in [5.74, 6) is 0. The van der Waals surface area contributed by atoms with Gasteiger partial charge in [-0.15, -0.1) is 13.2 Å². The number of piperidine rings is 1. The Kier molecular flexibility index (Phi) is 8.59. The first-order valence-electron chi connectivity index (χ1n) is 11.1. The molecule has 0 bridgehead atoms. The summed E-state index contributed by atoms with van der Waals surface area (Å²) in [5, 5.41) is 3.28. The molecule has 1 saturated heterocycles. The van der Waals surface area contributed by atoms with Crippen molar-refractivity contribution in [2.24, 2.45) is 0 Å². The van der Waals surface area contributed by atoms with Gasteiger partial charge in [-0.05, 0) is 78.8 Å². The van der Waals surface area contributed by atoms with Crippen molar-refractivity contribution in [2.45, 2.75) is 32.7 Å². The maximum absolute atomic E-state index is 6.34. The summed E-state index contributed by atoms with van der Waals surface area (Å²) >= 11 is 9.88. The van der Waals surface area contributed by atoms with Gasteiger partial charge in [0.1, 0.15) is 0 Å². The van der Waals surface area contributed by atoms with Crippen LogP contribution in [-0.4, -0.2) is 37.1 Å². The summed E-state index contributed by atoms with van der Waals surface area (Å²) in [6, 6.07) is 20.2. The van der Waals surface area contributed by atoms with E-state index in [4.69, 9.17) is 11.6 Å². The lowest BCUT2D eigenvalue weighted by molar-refractivity contribution is 0.186. The van der Waals surface area contributed by atoms with Crippen LogP contribution >= 0.6 is 27.5 Å². The highest BCUT2D eigenvalue weighted by Gasteiger charge is 2.24. The standard InChI is InChI=1S/C25H28BrClN2.C2H4/c1-3-28(4-2)23-11-13-29(14-12-23)25-17-19(18-5-7-21(26)8-6-18)15-20-16-22(27)9-10-24(20)25;1-2/h5-10,15-17,23H,3-4,11-14H2,1-2H3;1-2H2. The van der Waals surface area contributed by atoms with Crippen molar-refractivity contribution in [2.75, 3.05) is 31.1 Å². The smallest absolute Gasteiger partial charge is 0.0452 e. The van der Waals surface area contributed by atoms with E-state index in [9.17, 15) is 0 Å². The highest BCUT2D eigenvalue weighted by molar-refractivity contribution is 9.10. The van der Waals surface area contributed by atoms with Crippen LogP contribution in [0.15, 0.2) is 72.2 Å². The van der Waals surface area contributed by atoms with E-state index in [1.807, 2.05) is 6.07 Å². The highest BCUT2D eigenvalue weighted by atomic mass is 79.9. The number of benzene rings is 3. The Labute approximate surface area is 200 Å². The van der Waals surface area contributed by atoms with E-state index in [0.717, 1.165) is 35.7 Å². The number of rotatable bonds is 5. The van der Waals surface area contributed by atoms with E-state index in [0.29, 0.717) is 6.04 Å². The molecule has 0 atom stereocenters. The molecule has 2 nitrogen and oxygen atoms in total. The fraction of sp³-hybridized carbons (Fsp3) is 0.333. The first-order chi connectivity index (χ1) is 15.1. The first kappa shape index (κ1) is 23.8. The zero-order valence-electron chi connectivity index (χ0n) is 18.6. The zero-order chi connectivity index (χ0) is 22.4. The number of hydrogen-bond donors (Lipinski definition) is 0. The molecule has 0 radical (unpaired) electrons. The number of nitrogens with zero attached hydrogens (tertiary/aromatic N) is 2. The molecule has 1 aliphatic rings. The van der Waals surface area contributed by atoms with Crippen LogP contribution in [0.4, 0.5) is 5.69 Å². The van der Waals surface area contributed by atoms with Gasteiger partial charge in [-0.1, -0.05) is 59.6 Å². The van der Waals surface area contributed by atoms with Gasteiger partial charge >= 0.3 is 0 Å². The van der Waals surface area contributed by atoms with Crippen molar-refractivity contribution in [3.63, 3.8) is 0 Å². The zero-order valence-corrected chi connectivity index (χ0v) is 20.9. The number of anilines is 1. The Morgan fingerprint density at radius 2 is 1.58 bits per heavy atom. The van der Waals surface area contributed by atoms with Crippen LogP contribution < -0.4 is 4.90 Å². The van der Waals surface area contributed by atoms with Gasteiger partial charge in [-0.2, -0.15) is 0 Å². The second-order valence-corrected chi connectivity index (χ2v) is 9.16. The first-order valence-corrected chi connectivity index (χ1v) is 12.2. The lowest BCUT2D eigenvalue weighted by Gasteiger charge is -2.39. The van der Waals surface area contributed by atoms with Crippen LogP contribution in [0.25, 0.3) is 21.9 Å². The minimum atomic E-state index is 0.705. The number of hydrogen-bond acceptors (Lipinski definition) is 2. The molecule has 0 aromatic heterocycles. The third-order valence-electron chi connectivity index (χ3n) is 6.20. The predicted octanol–water partition coefficient (Wildman–Crippen LogP) is 8.04. The molecule has 0 spiro atoms. The lowest BCUT2D eigenvalue weighted by atomic mass is 9.97. The molecule has 1 fully saturated rings. The molecule has 1 aliphatic heterocycles. The molecule has 31 heavy (non-hydrogen) atoms. The molecule has 0 aliphatic carbocycles. The summed E-state index contributed by atoms with van der Waals surface area (Å²) in [5.41, 5.74) is 3.80. The summed E-state index contributed by atoms with van der Waals surface area (Å²) in [4.78, 5) is 5.17. The molecule has 0 amide bonds.